The minimum atomic E-state index is -4.39. The molecule has 0 aliphatic carbocycles. The van der Waals surface area contributed by atoms with Crippen LogP contribution in [0.15, 0.2) is 0 Å². The Labute approximate surface area is 97.1 Å². The maximum atomic E-state index is 10.1. The fourth-order valence-electron chi connectivity index (χ4n) is 0.391. The Morgan fingerprint density at radius 3 is 2.54 bits per heavy atom. The van der Waals surface area contributed by atoms with Crippen molar-refractivity contribution in [3.05, 3.63) is 0 Å². The van der Waals surface area contributed by atoms with Gasteiger partial charge in [-0.25, -0.2) is 5.06 Å². The van der Waals surface area contributed by atoms with Crippen LogP contribution in [0.2, 0.25) is 0 Å². The van der Waals surface area contributed by atoms with Crippen molar-refractivity contribution < 1.29 is 58.6 Å². The Balaban J connectivity index is 0. The smallest absolute Gasteiger partial charge is 0.777 e. The molecule has 1 unspecified atom stereocenters. The van der Waals surface area contributed by atoms with Crippen molar-refractivity contribution in [2.45, 2.75) is 0 Å². The van der Waals surface area contributed by atoms with Crippen molar-refractivity contribution in [3.63, 3.8) is 0 Å². The third-order valence-electron chi connectivity index (χ3n) is 0.841. The largest absolute Gasteiger partial charge is 1.00 e. The van der Waals surface area contributed by atoms with E-state index in [1.54, 1.807) is 0 Å². The SMILES string of the molecule is O=CN(O)CCOCP(=O)([O-])O.[Na+]. The van der Waals surface area contributed by atoms with Gasteiger partial charge < -0.3 is 19.1 Å². The summed E-state index contributed by atoms with van der Waals surface area (Å²) < 4.78 is 14.4. The molecule has 1 amide bonds. The Hall–Kier alpha value is 0.540. The van der Waals surface area contributed by atoms with E-state index in [9.17, 15) is 14.3 Å². The van der Waals surface area contributed by atoms with Gasteiger partial charge in [0.05, 0.1) is 13.2 Å². The van der Waals surface area contributed by atoms with Gasteiger partial charge in [-0.15, -0.1) is 0 Å². The van der Waals surface area contributed by atoms with Crippen LogP contribution in [0, 0.1) is 0 Å². The van der Waals surface area contributed by atoms with Crippen LogP contribution in [0.1, 0.15) is 0 Å². The van der Waals surface area contributed by atoms with E-state index in [1.165, 1.54) is 0 Å². The molecular formula is C4H9NNaO6P. The number of ether oxygens (including phenoxy) is 1. The second-order valence-corrected chi connectivity index (χ2v) is 3.48. The van der Waals surface area contributed by atoms with Crippen molar-refractivity contribution >= 4 is 14.0 Å². The van der Waals surface area contributed by atoms with Gasteiger partial charge in [0.1, 0.15) is 6.35 Å². The molecule has 13 heavy (non-hydrogen) atoms. The zero-order valence-corrected chi connectivity index (χ0v) is 10.0. The van der Waals surface area contributed by atoms with E-state index in [1.807, 2.05) is 0 Å². The first-order valence-electron chi connectivity index (χ1n) is 2.97. The average molecular weight is 221 g/mol. The van der Waals surface area contributed by atoms with Crippen molar-refractivity contribution in [3.8, 4) is 0 Å². The van der Waals surface area contributed by atoms with Crippen LogP contribution in [0.3, 0.4) is 0 Å². The summed E-state index contributed by atoms with van der Waals surface area (Å²) in [6.07, 6.45) is -0.668. The molecule has 0 aromatic heterocycles. The summed E-state index contributed by atoms with van der Waals surface area (Å²) in [6, 6.07) is 0. The number of carbonyl (C=O) groups is 1. The molecule has 7 nitrogen and oxygen atoms in total. The Morgan fingerprint density at radius 2 is 2.15 bits per heavy atom. The topological polar surface area (TPSA) is 110 Å². The molecule has 1 atom stereocenters. The molecule has 0 spiro atoms. The summed E-state index contributed by atoms with van der Waals surface area (Å²) in [5.41, 5.74) is 0. The zero-order chi connectivity index (χ0) is 9.61. The molecule has 0 aliphatic heterocycles. The zero-order valence-electron chi connectivity index (χ0n) is 7.12. The van der Waals surface area contributed by atoms with Crippen LogP contribution in [-0.4, -0.2) is 41.1 Å². The summed E-state index contributed by atoms with van der Waals surface area (Å²) in [4.78, 5) is 28.0. The molecule has 0 rings (SSSR count). The Bertz CT molecular complexity index is 183. The van der Waals surface area contributed by atoms with Crippen LogP contribution in [0.4, 0.5) is 0 Å². The van der Waals surface area contributed by atoms with E-state index in [2.05, 4.69) is 4.74 Å². The monoisotopic (exact) mass is 221 g/mol. The van der Waals surface area contributed by atoms with Crippen molar-refractivity contribution in [2.24, 2.45) is 0 Å². The van der Waals surface area contributed by atoms with Gasteiger partial charge in [-0.1, -0.05) is 0 Å². The molecular weight excluding hydrogens is 212 g/mol. The maximum Gasteiger partial charge on any atom is 1.00 e. The van der Waals surface area contributed by atoms with Crippen molar-refractivity contribution in [2.75, 3.05) is 19.5 Å². The Kier molecular flexibility index (Phi) is 9.71. The van der Waals surface area contributed by atoms with E-state index in [4.69, 9.17) is 10.1 Å². The summed E-state index contributed by atoms with van der Waals surface area (Å²) in [7, 11) is -4.39. The molecule has 0 bridgehead atoms. The van der Waals surface area contributed by atoms with Gasteiger partial charge in [0, 0.05) is 0 Å². The first kappa shape index (κ1) is 16.0. The quantitative estimate of drug-likeness (QED) is 0.116. The third-order valence-corrected chi connectivity index (χ3v) is 1.35. The van der Waals surface area contributed by atoms with Gasteiger partial charge in [-0.05, 0) is 0 Å². The summed E-state index contributed by atoms with van der Waals surface area (Å²) in [5, 5.41) is 8.76. The fourth-order valence-corrected chi connectivity index (χ4v) is 0.751. The van der Waals surface area contributed by atoms with Gasteiger partial charge in [0.2, 0.25) is 6.41 Å². The van der Waals surface area contributed by atoms with E-state index in [0.717, 1.165) is 0 Å². The molecule has 0 aromatic carbocycles. The molecule has 2 N–H and O–H groups in total. The second-order valence-electron chi connectivity index (χ2n) is 1.94. The van der Waals surface area contributed by atoms with Gasteiger partial charge in [-0.2, -0.15) is 0 Å². The van der Waals surface area contributed by atoms with Crippen molar-refractivity contribution in [1.29, 1.82) is 0 Å². The molecule has 72 valence electrons. The Morgan fingerprint density at radius 1 is 1.62 bits per heavy atom. The number of hydrogen-bond acceptors (Lipinski definition) is 5. The summed E-state index contributed by atoms with van der Waals surface area (Å²) >= 11 is 0. The van der Waals surface area contributed by atoms with Crippen LogP contribution < -0.4 is 34.5 Å². The predicted molar refractivity (Wildman–Crippen MR) is 35.2 cm³/mol. The normalized spacial score (nSPS) is 14.1. The maximum absolute atomic E-state index is 10.1. The van der Waals surface area contributed by atoms with E-state index < -0.39 is 13.9 Å². The number of hydrogen-bond donors (Lipinski definition) is 2. The van der Waals surface area contributed by atoms with Gasteiger partial charge in [0.25, 0.3) is 0 Å². The summed E-state index contributed by atoms with van der Waals surface area (Å²) in [6.45, 7) is -0.314. The van der Waals surface area contributed by atoms with Crippen LogP contribution in [-0.2, 0) is 14.1 Å². The third kappa shape index (κ3) is 12.5. The molecule has 0 saturated carbocycles. The van der Waals surface area contributed by atoms with Gasteiger partial charge in [0.15, 0.2) is 7.60 Å². The second kappa shape index (κ2) is 7.90. The standard InChI is InChI=1S/C4H10NO6P.Na/c6-3-5(7)1-2-11-4-12(8,9)10;/h3,7H,1-2,4H2,(H2,8,9,10);/q;+1/p-1. The number of nitrogens with zero attached hydrogens (tertiary/aromatic N) is 1. The van der Waals surface area contributed by atoms with Crippen molar-refractivity contribution in [1.82, 2.24) is 5.06 Å². The van der Waals surface area contributed by atoms with E-state index in [-0.39, 0.29) is 49.1 Å². The number of amides is 1. The minimum Gasteiger partial charge on any atom is -0.777 e. The first-order chi connectivity index (χ1) is 5.45. The van der Waals surface area contributed by atoms with E-state index in [0.29, 0.717) is 5.06 Å². The molecule has 0 aromatic rings. The first-order valence-corrected chi connectivity index (χ1v) is 4.73. The molecule has 0 fully saturated rings. The number of carbonyl (C=O) groups excluding carboxylic acids is 1. The minimum absolute atomic E-state index is 0. The van der Waals surface area contributed by atoms with Crippen LogP contribution >= 0.6 is 7.60 Å². The average Bonchev–Trinajstić information content (AvgIpc) is 1.96. The fraction of sp³-hybridized carbons (Fsp3) is 0.750. The van der Waals surface area contributed by atoms with Crippen LogP contribution in [0.5, 0.6) is 0 Å². The van der Waals surface area contributed by atoms with E-state index >= 15 is 0 Å². The van der Waals surface area contributed by atoms with Gasteiger partial charge in [-0.3, -0.25) is 10.0 Å². The molecule has 0 saturated heterocycles. The molecule has 0 radical (unpaired) electrons. The number of hydroxylamine groups is 2. The molecule has 9 heteroatoms. The van der Waals surface area contributed by atoms with Crippen LogP contribution in [0.25, 0.3) is 0 Å². The predicted octanol–water partition coefficient (Wildman–Crippen LogP) is -4.64. The molecule has 0 aliphatic rings. The summed E-state index contributed by atoms with van der Waals surface area (Å²) in [5.74, 6) is 0. The molecule has 0 heterocycles. The van der Waals surface area contributed by atoms with Gasteiger partial charge >= 0.3 is 29.6 Å². The number of rotatable bonds is 6.